The van der Waals surface area contributed by atoms with Gasteiger partial charge in [-0.25, -0.2) is 10.4 Å². The van der Waals surface area contributed by atoms with Gasteiger partial charge in [0, 0.05) is 6.20 Å². The number of benzene rings is 2. The molecule has 0 fully saturated rings. The molecule has 0 aliphatic rings. The van der Waals surface area contributed by atoms with Crippen LogP contribution in [0, 0.1) is 14.1 Å². The Labute approximate surface area is 201 Å². The fourth-order valence-electron chi connectivity index (χ4n) is 2.53. The number of hydrazone groups is 1. The van der Waals surface area contributed by atoms with Gasteiger partial charge < -0.3 is 4.74 Å². The maximum atomic E-state index is 12.1. The number of nitrogens with zero attached hydrogens (tertiary/aromatic N) is 2. The lowest BCUT2D eigenvalue weighted by Gasteiger charge is -2.12. The van der Waals surface area contributed by atoms with E-state index in [1.165, 1.54) is 11.8 Å². The Hall–Kier alpha value is -1.72. The smallest absolute Gasteiger partial charge is 0.274 e. The molecule has 1 heterocycles. The monoisotopic (exact) mass is 631 g/mol. The van der Waals surface area contributed by atoms with Gasteiger partial charge >= 0.3 is 0 Å². The van der Waals surface area contributed by atoms with E-state index in [0.717, 1.165) is 24.0 Å². The summed E-state index contributed by atoms with van der Waals surface area (Å²) in [5, 5.41) is 4.15. The predicted octanol–water partition coefficient (Wildman–Crippen LogP) is 5.60. The van der Waals surface area contributed by atoms with E-state index in [1.54, 1.807) is 18.3 Å². The molecule has 3 rings (SSSR count). The van der Waals surface area contributed by atoms with Crippen LogP contribution in [-0.4, -0.2) is 17.1 Å². The average molecular weight is 632 g/mol. The van der Waals surface area contributed by atoms with E-state index in [4.69, 9.17) is 16.3 Å². The fraction of sp³-hybridized carbons (Fsp3) is 0.0952. The first-order chi connectivity index (χ1) is 13.9. The molecule has 0 radical (unpaired) electrons. The van der Waals surface area contributed by atoms with Gasteiger partial charge in [-0.05, 0) is 87.5 Å². The van der Waals surface area contributed by atoms with Crippen molar-refractivity contribution in [1.29, 1.82) is 0 Å². The Bertz CT molecular complexity index is 1050. The first-order valence-electron chi connectivity index (χ1n) is 8.55. The van der Waals surface area contributed by atoms with Gasteiger partial charge in [-0.3, -0.25) is 4.79 Å². The predicted molar refractivity (Wildman–Crippen MR) is 132 cm³/mol. The zero-order valence-corrected chi connectivity index (χ0v) is 20.4. The molecule has 0 unspecified atom stereocenters. The van der Waals surface area contributed by atoms with Gasteiger partial charge in [0.1, 0.15) is 17.5 Å². The largest absolute Gasteiger partial charge is 0.487 e. The van der Waals surface area contributed by atoms with Crippen molar-refractivity contribution in [3.05, 3.63) is 89.3 Å². The maximum absolute atomic E-state index is 12.1. The summed E-state index contributed by atoms with van der Waals surface area (Å²) in [4.78, 5) is 16.0. The number of aryl methyl sites for hydroxylation is 1. The number of hydrogen-bond acceptors (Lipinski definition) is 4. The second-order valence-corrected chi connectivity index (χ2v) is 8.81. The Morgan fingerprint density at radius 3 is 2.66 bits per heavy atom. The molecule has 148 valence electrons. The molecule has 1 amide bonds. The highest BCUT2D eigenvalue weighted by Crippen LogP contribution is 2.29. The number of carbonyl (C=O) groups is 1. The van der Waals surface area contributed by atoms with Crippen LogP contribution in [0.3, 0.4) is 0 Å². The molecule has 0 saturated carbocycles. The molecule has 0 saturated heterocycles. The zero-order chi connectivity index (χ0) is 20.8. The highest BCUT2D eigenvalue weighted by atomic mass is 127. The molecule has 8 heteroatoms. The topological polar surface area (TPSA) is 63.6 Å². The second kappa shape index (κ2) is 10.4. The third-order valence-electron chi connectivity index (χ3n) is 3.87. The molecule has 29 heavy (non-hydrogen) atoms. The lowest BCUT2D eigenvalue weighted by atomic mass is 10.1. The molecular weight excluding hydrogens is 616 g/mol. The lowest BCUT2D eigenvalue weighted by Crippen LogP contribution is -2.18. The lowest BCUT2D eigenvalue weighted by molar-refractivity contribution is 0.0955. The molecule has 5 nitrogen and oxygen atoms in total. The van der Waals surface area contributed by atoms with Gasteiger partial charge in [-0.2, -0.15) is 5.10 Å². The molecular formula is C21H16ClI2N3O2. The molecule has 0 spiro atoms. The van der Waals surface area contributed by atoms with Crippen LogP contribution in [0.4, 0.5) is 0 Å². The Kier molecular flexibility index (Phi) is 7.84. The van der Waals surface area contributed by atoms with Crippen molar-refractivity contribution in [3.8, 4) is 5.75 Å². The summed E-state index contributed by atoms with van der Waals surface area (Å²) in [5.74, 6) is 0.415. The summed E-state index contributed by atoms with van der Waals surface area (Å²) in [6.45, 7) is 2.56. The van der Waals surface area contributed by atoms with Crippen molar-refractivity contribution in [2.24, 2.45) is 5.10 Å². The van der Waals surface area contributed by atoms with Crippen LogP contribution >= 0.6 is 56.8 Å². The number of pyridine rings is 1. The molecule has 0 aliphatic carbocycles. The minimum Gasteiger partial charge on any atom is -0.487 e. The summed E-state index contributed by atoms with van der Waals surface area (Å²) in [6, 6.07) is 15.4. The van der Waals surface area contributed by atoms with Crippen LogP contribution in [0.15, 0.2) is 59.8 Å². The van der Waals surface area contributed by atoms with Crippen LogP contribution in [0.5, 0.6) is 5.75 Å². The number of nitrogens with one attached hydrogen (secondary N) is 1. The standard InChI is InChI=1S/C21H16ClI2N3O2/c1-13-4-2-5-14(8-13)12-29-19-17(23)9-15(10-18(19)24)11-26-27-21(28)16-6-3-7-25-20(16)22/h2-11H,12H2,1H3,(H,27,28). The number of hydrogen-bond donors (Lipinski definition) is 1. The van der Waals surface area contributed by atoms with Crippen LogP contribution < -0.4 is 10.2 Å². The highest BCUT2D eigenvalue weighted by Gasteiger charge is 2.11. The van der Waals surface area contributed by atoms with Crippen LogP contribution in [0.2, 0.25) is 5.15 Å². The Morgan fingerprint density at radius 2 is 1.97 bits per heavy atom. The summed E-state index contributed by atoms with van der Waals surface area (Å²) in [5.41, 5.74) is 5.91. The number of carbonyl (C=O) groups excluding carboxylic acids is 1. The minimum absolute atomic E-state index is 0.138. The highest BCUT2D eigenvalue weighted by molar-refractivity contribution is 14.1. The van der Waals surface area contributed by atoms with E-state index in [1.807, 2.05) is 24.3 Å². The molecule has 1 N–H and O–H groups in total. The van der Waals surface area contributed by atoms with Crippen molar-refractivity contribution in [3.63, 3.8) is 0 Å². The van der Waals surface area contributed by atoms with E-state index in [0.29, 0.717) is 6.61 Å². The van der Waals surface area contributed by atoms with E-state index in [-0.39, 0.29) is 10.7 Å². The first-order valence-corrected chi connectivity index (χ1v) is 11.1. The van der Waals surface area contributed by atoms with Gasteiger partial charge in [-0.15, -0.1) is 0 Å². The van der Waals surface area contributed by atoms with Crippen molar-refractivity contribution >= 4 is 68.9 Å². The summed E-state index contributed by atoms with van der Waals surface area (Å²) >= 11 is 10.4. The van der Waals surface area contributed by atoms with Crippen LogP contribution in [0.25, 0.3) is 0 Å². The van der Waals surface area contributed by atoms with Crippen LogP contribution in [0.1, 0.15) is 27.0 Å². The first kappa shape index (κ1) is 22.0. The quantitative estimate of drug-likeness (QED) is 0.167. The fourth-order valence-corrected chi connectivity index (χ4v) is 4.86. The molecule has 2 aromatic carbocycles. The van der Waals surface area contributed by atoms with E-state index < -0.39 is 5.91 Å². The number of amides is 1. The molecule has 0 aliphatic heterocycles. The van der Waals surface area contributed by atoms with E-state index in [9.17, 15) is 4.79 Å². The van der Waals surface area contributed by atoms with Crippen LogP contribution in [-0.2, 0) is 6.61 Å². The third kappa shape index (κ3) is 6.13. The van der Waals surface area contributed by atoms with Gasteiger partial charge in [0.15, 0.2) is 0 Å². The average Bonchev–Trinajstić information content (AvgIpc) is 2.67. The zero-order valence-electron chi connectivity index (χ0n) is 15.3. The molecule has 1 aromatic heterocycles. The Morgan fingerprint density at radius 1 is 1.21 bits per heavy atom. The van der Waals surface area contributed by atoms with Crippen molar-refractivity contribution < 1.29 is 9.53 Å². The molecule has 0 atom stereocenters. The minimum atomic E-state index is -0.415. The summed E-state index contributed by atoms with van der Waals surface area (Å²) in [7, 11) is 0. The third-order valence-corrected chi connectivity index (χ3v) is 5.77. The Balaban J connectivity index is 1.66. The number of aromatic nitrogens is 1. The maximum Gasteiger partial charge on any atom is 0.274 e. The summed E-state index contributed by atoms with van der Waals surface area (Å²) < 4.78 is 7.95. The van der Waals surface area contributed by atoms with E-state index >= 15 is 0 Å². The van der Waals surface area contributed by atoms with Crippen molar-refractivity contribution in [1.82, 2.24) is 10.4 Å². The normalized spacial score (nSPS) is 10.9. The van der Waals surface area contributed by atoms with Gasteiger partial charge in [-0.1, -0.05) is 41.4 Å². The molecule has 0 bridgehead atoms. The van der Waals surface area contributed by atoms with Gasteiger partial charge in [0.25, 0.3) is 5.91 Å². The summed E-state index contributed by atoms with van der Waals surface area (Å²) in [6.07, 6.45) is 3.10. The van der Waals surface area contributed by atoms with E-state index in [2.05, 4.69) is 79.7 Å². The van der Waals surface area contributed by atoms with Crippen molar-refractivity contribution in [2.45, 2.75) is 13.5 Å². The van der Waals surface area contributed by atoms with Gasteiger partial charge in [0.2, 0.25) is 0 Å². The number of ether oxygens (including phenoxy) is 1. The number of rotatable bonds is 6. The van der Waals surface area contributed by atoms with Gasteiger partial charge in [0.05, 0.1) is 18.9 Å². The van der Waals surface area contributed by atoms with Crippen molar-refractivity contribution in [2.75, 3.05) is 0 Å². The number of halogens is 3. The SMILES string of the molecule is Cc1cccc(COc2c(I)cc(C=NNC(=O)c3cccnc3Cl)cc2I)c1. The second-order valence-electron chi connectivity index (χ2n) is 6.13. The molecule has 3 aromatic rings.